The van der Waals surface area contributed by atoms with E-state index in [0.717, 1.165) is 0 Å². The number of benzene rings is 1. The van der Waals surface area contributed by atoms with Crippen molar-refractivity contribution in [1.29, 1.82) is 0 Å². The number of nitrogens with zero attached hydrogens (tertiary/aromatic N) is 1. The van der Waals surface area contributed by atoms with Gasteiger partial charge < -0.3 is 10.0 Å². The molecule has 3 heteroatoms. The molecular formula is C14H20FNO. The molecule has 2 nitrogen and oxygen atoms in total. The van der Waals surface area contributed by atoms with Gasteiger partial charge in [-0.3, -0.25) is 0 Å². The van der Waals surface area contributed by atoms with Gasteiger partial charge in [0.1, 0.15) is 5.82 Å². The standard InChI is InChI=1S/C14H20FNO/c1-5-8-16(10(2)3)14-7-6-12(11(4)17)9-13(14)15/h5-7,9-11,17H,1,8H2,2-4H3. The second-order valence-electron chi connectivity index (χ2n) is 4.42. The Bertz CT molecular complexity index is 388. The number of hydrogen-bond acceptors (Lipinski definition) is 2. The average Bonchev–Trinajstić information content (AvgIpc) is 2.26. The van der Waals surface area contributed by atoms with Crippen LogP contribution in [0.25, 0.3) is 0 Å². The molecule has 1 N–H and O–H groups in total. The van der Waals surface area contributed by atoms with Crippen molar-refractivity contribution in [3.05, 3.63) is 42.2 Å². The number of halogens is 1. The Morgan fingerprint density at radius 1 is 1.41 bits per heavy atom. The summed E-state index contributed by atoms with van der Waals surface area (Å²) in [5, 5.41) is 9.39. The summed E-state index contributed by atoms with van der Waals surface area (Å²) >= 11 is 0. The fourth-order valence-electron chi connectivity index (χ4n) is 1.74. The molecule has 1 aromatic carbocycles. The Hall–Kier alpha value is -1.35. The van der Waals surface area contributed by atoms with Crippen molar-refractivity contribution in [2.75, 3.05) is 11.4 Å². The highest BCUT2D eigenvalue weighted by molar-refractivity contribution is 5.50. The summed E-state index contributed by atoms with van der Waals surface area (Å²) in [6.45, 7) is 9.91. The van der Waals surface area contributed by atoms with Crippen LogP contribution in [-0.2, 0) is 0 Å². The molecule has 0 fully saturated rings. The third kappa shape index (κ3) is 3.30. The lowest BCUT2D eigenvalue weighted by molar-refractivity contribution is 0.199. The molecule has 0 aliphatic heterocycles. The van der Waals surface area contributed by atoms with E-state index in [2.05, 4.69) is 6.58 Å². The first-order valence-corrected chi connectivity index (χ1v) is 5.82. The normalized spacial score (nSPS) is 12.6. The van der Waals surface area contributed by atoms with Crippen LogP contribution in [0.15, 0.2) is 30.9 Å². The van der Waals surface area contributed by atoms with Gasteiger partial charge in [0.25, 0.3) is 0 Å². The molecule has 0 aliphatic carbocycles. The van der Waals surface area contributed by atoms with Crippen LogP contribution >= 0.6 is 0 Å². The summed E-state index contributed by atoms with van der Waals surface area (Å²) < 4.78 is 14.0. The molecule has 1 aromatic rings. The molecule has 0 aromatic heterocycles. The Kier molecular flexibility index (Phi) is 4.70. The lowest BCUT2D eigenvalue weighted by atomic mass is 10.1. The summed E-state index contributed by atoms with van der Waals surface area (Å²) in [5.41, 5.74) is 1.14. The highest BCUT2D eigenvalue weighted by Crippen LogP contribution is 2.24. The molecule has 0 saturated carbocycles. The van der Waals surface area contributed by atoms with Crippen LogP contribution in [0.4, 0.5) is 10.1 Å². The van der Waals surface area contributed by atoms with E-state index in [1.165, 1.54) is 6.07 Å². The maximum atomic E-state index is 14.0. The van der Waals surface area contributed by atoms with Crippen molar-refractivity contribution in [2.45, 2.75) is 32.9 Å². The Balaban J connectivity index is 3.08. The molecular weight excluding hydrogens is 217 g/mol. The minimum absolute atomic E-state index is 0.194. The van der Waals surface area contributed by atoms with Crippen molar-refractivity contribution >= 4 is 5.69 Å². The highest BCUT2D eigenvalue weighted by atomic mass is 19.1. The van der Waals surface area contributed by atoms with Gasteiger partial charge in [-0.15, -0.1) is 6.58 Å². The Labute approximate surface area is 102 Å². The molecule has 0 heterocycles. The van der Waals surface area contributed by atoms with Crippen LogP contribution in [0.2, 0.25) is 0 Å². The topological polar surface area (TPSA) is 23.5 Å². The summed E-state index contributed by atoms with van der Waals surface area (Å²) in [6, 6.07) is 5.04. The van der Waals surface area contributed by atoms with Gasteiger partial charge in [-0.1, -0.05) is 12.1 Å². The SMILES string of the molecule is C=CCN(c1ccc(C(C)O)cc1F)C(C)C. The first kappa shape index (κ1) is 13.7. The van der Waals surface area contributed by atoms with E-state index >= 15 is 0 Å². The third-order valence-electron chi connectivity index (χ3n) is 2.71. The molecule has 0 aliphatic rings. The minimum Gasteiger partial charge on any atom is -0.389 e. The zero-order valence-corrected chi connectivity index (χ0v) is 10.7. The predicted molar refractivity (Wildman–Crippen MR) is 69.7 cm³/mol. The van der Waals surface area contributed by atoms with Gasteiger partial charge in [-0.2, -0.15) is 0 Å². The first-order valence-electron chi connectivity index (χ1n) is 5.82. The summed E-state index contributed by atoms with van der Waals surface area (Å²) in [4.78, 5) is 1.92. The largest absolute Gasteiger partial charge is 0.389 e. The number of hydrogen-bond donors (Lipinski definition) is 1. The molecule has 1 rings (SSSR count). The molecule has 1 unspecified atom stereocenters. The van der Waals surface area contributed by atoms with Crippen LogP contribution in [0.1, 0.15) is 32.4 Å². The second-order valence-corrected chi connectivity index (χ2v) is 4.42. The van der Waals surface area contributed by atoms with E-state index in [1.807, 2.05) is 18.7 Å². The van der Waals surface area contributed by atoms with E-state index in [9.17, 15) is 9.50 Å². The molecule has 0 saturated heterocycles. The van der Waals surface area contributed by atoms with Gasteiger partial charge in [0, 0.05) is 12.6 Å². The van der Waals surface area contributed by atoms with Crippen molar-refractivity contribution < 1.29 is 9.50 Å². The van der Waals surface area contributed by atoms with Gasteiger partial charge in [0.15, 0.2) is 0 Å². The third-order valence-corrected chi connectivity index (χ3v) is 2.71. The van der Waals surface area contributed by atoms with Gasteiger partial charge in [-0.25, -0.2) is 4.39 Å². The van der Waals surface area contributed by atoms with Gasteiger partial charge in [0.05, 0.1) is 11.8 Å². The van der Waals surface area contributed by atoms with Crippen molar-refractivity contribution in [1.82, 2.24) is 0 Å². The lowest BCUT2D eigenvalue weighted by Gasteiger charge is -2.28. The number of rotatable bonds is 5. The molecule has 0 radical (unpaired) electrons. The van der Waals surface area contributed by atoms with Gasteiger partial charge in [0.2, 0.25) is 0 Å². The number of aliphatic hydroxyl groups excluding tert-OH is 1. The molecule has 94 valence electrons. The summed E-state index contributed by atoms with van der Waals surface area (Å²) in [7, 11) is 0. The molecule has 1 atom stereocenters. The molecule has 0 amide bonds. The van der Waals surface area contributed by atoms with Crippen LogP contribution in [0, 0.1) is 5.82 Å². The Morgan fingerprint density at radius 3 is 2.47 bits per heavy atom. The van der Waals surface area contributed by atoms with Gasteiger partial charge >= 0.3 is 0 Å². The summed E-state index contributed by atoms with van der Waals surface area (Å²) in [5.74, 6) is -0.307. The van der Waals surface area contributed by atoms with E-state index in [4.69, 9.17) is 0 Å². The fraction of sp³-hybridized carbons (Fsp3) is 0.429. The minimum atomic E-state index is -0.648. The van der Waals surface area contributed by atoms with Crippen molar-refractivity contribution in [2.24, 2.45) is 0 Å². The van der Waals surface area contributed by atoms with Crippen molar-refractivity contribution in [3.8, 4) is 0 Å². The zero-order chi connectivity index (χ0) is 13.0. The Morgan fingerprint density at radius 2 is 2.06 bits per heavy atom. The predicted octanol–water partition coefficient (Wildman–Crippen LogP) is 3.28. The van der Waals surface area contributed by atoms with E-state index in [-0.39, 0.29) is 11.9 Å². The molecule has 0 spiro atoms. The monoisotopic (exact) mass is 237 g/mol. The van der Waals surface area contributed by atoms with Crippen LogP contribution < -0.4 is 4.90 Å². The second kappa shape index (κ2) is 5.82. The molecule has 0 bridgehead atoms. The van der Waals surface area contributed by atoms with Gasteiger partial charge in [-0.05, 0) is 38.5 Å². The summed E-state index contributed by atoms with van der Waals surface area (Å²) in [6.07, 6.45) is 1.10. The number of aliphatic hydroxyl groups is 1. The molecule has 17 heavy (non-hydrogen) atoms. The smallest absolute Gasteiger partial charge is 0.146 e. The highest BCUT2D eigenvalue weighted by Gasteiger charge is 2.14. The first-order chi connectivity index (χ1) is 7.97. The maximum absolute atomic E-state index is 14.0. The lowest BCUT2D eigenvalue weighted by Crippen LogP contribution is -2.31. The van der Waals surface area contributed by atoms with Crippen molar-refractivity contribution in [3.63, 3.8) is 0 Å². The van der Waals surface area contributed by atoms with E-state index in [0.29, 0.717) is 17.8 Å². The average molecular weight is 237 g/mol. The van der Waals surface area contributed by atoms with Crippen LogP contribution in [0.3, 0.4) is 0 Å². The van der Waals surface area contributed by atoms with E-state index in [1.54, 1.807) is 25.1 Å². The zero-order valence-electron chi connectivity index (χ0n) is 10.7. The quantitative estimate of drug-likeness (QED) is 0.794. The maximum Gasteiger partial charge on any atom is 0.146 e. The van der Waals surface area contributed by atoms with E-state index < -0.39 is 6.10 Å². The fourth-order valence-corrected chi connectivity index (χ4v) is 1.74. The number of anilines is 1. The van der Waals surface area contributed by atoms with Crippen LogP contribution in [-0.4, -0.2) is 17.7 Å². The van der Waals surface area contributed by atoms with Crippen LogP contribution in [0.5, 0.6) is 0 Å².